The predicted octanol–water partition coefficient (Wildman–Crippen LogP) is 3.71. The Morgan fingerprint density at radius 1 is 1.28 bits per heavy atom. The summed E-state index contributed by atoms with van der Waals surface area (Å²) in [6, 6.07) is 14.4. The van der Waals surface area contributed by atoms with Crippen molar-refractivity contribution in [1.29, 1.82) is 0 Å². The predicted molar refractivity (Wildman–Crippen MR) is 117 cm³/mol. The number of benzene rings is 1. The molecule has 1 fully saturated rings. The number of aromatic nitrogens is 2. The monoisotopic (exact) mass is 391 g/mol. The number of H-pyrrole nitrogens is 1. The first-order valence-corrected chi connectivity index (χ1v) is 10.5. The number of nitrogens with zero attached hydrogens (tertiary/aromatic N) is 2. The van der Waals surface area contributed by atoms with Crippen LogP contribution in [0.1, 0.15) is 48.7 Å². The molecular formula is C23H29N5O. The van der Waals surface area contributed by atoms with Gasteiger partial charge in [-0.1, -0.05) is 12.1 Å². The summed E-state index contributed by atoms with van der Waals surface area (Å²) < 4.78 is 0. The molecule has 152 valence electrons. The Kier molecular flexibility index (Phi) is 5.81. The lowest BCUT2D eigenvalue weighted by Gasteiger charge is -2.37. The van der Waals surface area contributed by atoms with Crippen molar-refractivity contribution in [3.63, 3.8) is 0 Å². The van der Waals surface area contributed by atoms with Gasteiger partial charge in [0.15, 0.2) is 0 Å². The highest BCUT2D eigenvalue weighted by atomic mass is 16.2. The molecular weight excluding hydrogens is 362 g/mol. The molecule has 0 aliphatic heterocycles. The van der Waals surface area contributed by atoms with Gasteiger partial charge in [-0.05, 0) is 68.5 Å². The van der Waals surface area contributed by atoms with Crippen LogP contribution in [0.4, 0.5) is 5.69 Å². The van der Waals surface area contributed by atoms with Gasteiger partial charge in [0, 0.05) is 37.1 Å². The maximum atomic E-state index is 13.2. The molecule has 4 rings (SSSR count). The van der Waals surface area contributed by atoms with Crippen molar-refractivity contribution in [2.45, 2.75) is 51.2 Å². The Hall–Kier alpha value is -2.86. The third-order valence-corrected chi connectivity index (χ3v) is 5.88. The molecule has 1 amide bonds. The topological polar surface area (TPSA) is 87.0 Å². The highest BCUT2D eigenvalue weighted by Gasteiger charge is 2.29. The summed E-state index contributed by atoms with van der Waals surface area (Å²) >= 11 is 0. The van der Waals surface area contributed by atoms with Gasteiger partial charge in [-0.3, -0.25) is 9.78 Å². The molecule has 0 spiro atoms. The summed E-state index contributed by atoms with van der Waals surface area (Å²) in [5, 5.41) is 3.67. The minimum absolute atomic E-state index is 0.0645. The van der Waals surface area contributed by atoms with Crippen LogP contribution in [0.2, 0.25) is 0 Å². The summed E-state index contributed by atoms with van der Waals surface area (Å²) in [6.07, 6.45) is 6.06. The van der Waals surface area contributed by atoms with Crippen LogP contribution in [0.3, 0.4) is 0 Å². The first-order valence-electron chi connectivity index (χ1n) is 10.5. The lowest BCUT2D eigenvalue weighted by molar-refractivity contribution is 0.0623. The number of carbonyl (C=O) groups is 1. The van der Waals surface area contributed by atoms with Gasteiger partial charge >= 0.3 is 0 Å². The number of aromatic amines is 1. The van der Waals surface area contributed by atoms with E-state index < -0.39 is 0 Å². The highest BCUT2D eigenvalue weighted by molar-refractivity contribution is 5.97. The standard InChI is InChI=1S/C23H29N5O/c1-2-28(23(29)22-14-21-20(27-22)7-4-12-25-21)19-6-3-5-18(13-19)26-15-16-8-10-17(24)11-9-16/h4,7-12,14,18-19,26-27H,2-3,5-6,13,15,24H2,1H3. The minimum atomic E-state index is 0.0645. The maximum absolute atomic E-state index is 13.2. The second kappa shape index (κ2) is 8.66. The molecule has 6 heteroatoms. The van der Waals surface area contributed by atoms with Crippen LogP contribution in [-0.4, -0.2) is 39.4 Å². The Balaban J connectivity index is 1.41. The molecule has 6 nitrogen and oxygen atoms in total. The third kappa shape index (κ3) is 4.43. The summed E-state index contributed by atoms with van der Waals surface area (Å²) in [5.41, 5.74) is 10.1. The van der Waals surface area contributed by atoms with Crippen molar-refractivity contribution in [3.05, 3.63) is 59.9 Å². The van der Waals surface area contributed by atoms with Gasteiger partial charge in [-0.2, -0.15) is 0 Å². The summed E-state index contributed by atoms with van der Waals surface area (Å²) in [5.74, 6) is 0.0645. The normalized spacial score (nSPS) is 19.3. The zero-order valence-corrected chi connectivity index (χ0v) is 16.9. The number of pyridine rings is 1. The number of nitrogen functional groups attached to an aromatic ring is 1. The maximum Gasteiger partial charge on any atom is 0.270 e. The largest absolute Gasteiger partial charge is 0.399 e. The van der Waals surface area contributed by atoms with Crippen LogP contribution in [0, 0.1) is 0 Å². The summed E-state index contributed by atoms with van der Waals surface area (Å²) in [4.78, 5) is 22.8. The molecule has 0 saturated heterocycles. The van der Waals surface area contributed by atoms with Crippen LogP contribution < -0.4 is 11.1 Å². The van der Waals surface area contributed by atoms with Crippen LogP contribution in [0.5, 0.6) is 0 Å². The van der Waals surface area contributed by atoms with Gasteiger partial charge in [-0.15, -0.1) is 0 Å². The third-order valence-electron chi connectivity index (χ3n) is 5.88. The van der Waals surface area contributed by atoms with Gasteiger partial charge in [0.05, 0.1) is 11.0 Å². The number of anilines is 1. The Morgan fingerprint density at radius 3 is 2.86 bits per heavy atom. The van der Waals surface area contributed by atoms with E-state index in [0.717, 1.165) is 48.9 Å². The molecule has 29 heavy (non-hydrogen) atoms. The number of rotatable bonds is 6. The Bertz CT molecular complexity index is 932. The second-order valence-corrected chi connectivity index (χ2v) is 7.85. The van der Waals surface area contributed by atoms with Gasteiger partial charge in [0.2, 0.25) is 0 Å². The molecule has 2 aromatic heterocycles. The van der Waals surface area contributed by atoms with E-state index in [1.165, 1.54) is 5.56 Å². The lowest BCUT2D eigenvalue weighted by Crippen LogP contribution is -2.46. The summed E-state index contributed by atoms with van der Waals surface area (Å²) in [7, 11) is 0. The molecule has 4 N–H and O–H groups in total. The first-order chi connectivity index (χ1) is 14.1. The summed E-state index contributed by atoms with van der Waals surface area (Å²) in [6.45, 7) is 3.59. The second-order valence-electron chi connectivity index (χ2n) is 7.85. The van der Waals surface area contributed by atoms with E-state index in [0.29, 0.717) is 18.3 Å². The number of amides is 1. The molecule has 0 bridgehead atoms. The fraction of sp³-hybridized carbons (Fsp3) is 0.391. The number of nitrogens with one attached hydrogen (secondary N) is 2. The molecule has 1 saturated carbocycles. The van der Waals surface area contributed by atoms with Gasteiger partial charge in [-0.25, -0.2) is 0 Å². The average Bonchev–Trinajstić information content (AvgIpc) is 3.18. The molecule has 1 aliphatic carbocycles. The molecule has 3 aromatic rings. The SMILES string of the molecule is CCN(C(=O)c1cc2ncccc2[nH]1)C1CCCC(NCc2ccc(N)cc2)C1. The van der Waals surface area contributed by atoms with Crippen molar-refractivity contribution in [2.24, 2.45) is 0 Å². The van der Waals surface area contributed by atoms with Crippen LogP contribution in [0.25, 0.3) is 11.0 Å². The van der Waals surface area contributed by atoms with Gasteiger partial charge in [0.25, 0.3) is 5.91 Å². The zero-order chi connectivity index (χ0) is 20.2. The fourth-order valence-electron chi connectivity index (χ4n) is 4.32. The van der Waals surface area contributed by atoms with Crippen molar-refractivity contribution in [3.8, 4) is 0 Å². The van der Waals surface area contributed by atoms with Crippen LogP contribution >= 0.6 is 0 Å². The number of hydrogen-bond donors (Lipinski definition) is 3. The smallest absolute Gasteiger partial charge is 0.270 e. The number of hydrogen-bond acceptors (Lipinski definition) is 4. The van der Waals surface area contributed by atoms with E-state index in [-0.39, 0.29) is 11.9 Å². The zero-order valence-electron chi connectivity index (χ0n) is 16.9. The Morgan fingerprint density at radius 2 is 2.10 bits per heavy atom. The molecule has 2 unspecified atom stereocenters. The van der Waals surface area contributed by atoms with E-state index in [4.69, 9.17) is 5.73 Å². The van der Waals surface area contributed by atoms with Crippen LogP contribution in [0.15, 0.2) is 48.7 Å². The fourth-order valence-corrected chi connectivity index (χ4v) is 4.32. The van der Waals surface area contributed by atoms with Gasteiger partial charge in [0.1, 0.15) is 5.69 Å². The molecule has 2 heterocycles. The molecule has 1 aliphatic rings. The molecule has 0 radical (unpaired) electrons. The van der Waals surface area contributed by atoms with Crippen molar-refractivity contribution >= 4 is 22.6 Å². The van der Waals surface area contributed by atoms with E-state index in [1.807, 2.05) is 35.2 Å². The minimum Gasteiger partial charge on any atom is -0.399 e. The highest BCUT2D eigenvalue weighted by Crippen LogP contribution is 2.25. The first kappa shape index (κ1) is 19.5. The molecule has 1 aromatic carbocycles. The number of carbonyl (C=O) groups excluding carboxylic acids is 1. The Labute approximate surface area is 171 Å². The average molecular weight is 392 g/mol. The lowest BCUT2D eigenvalue weighted by atomic mass is 9.89. The van der Waals surface area contributed by atoms with Crippen molar-refractivity contribution in [2.75, 3.05) is 12.3 Å². The van der Waals surface area contributed by atoms with Crippen molar-refractivity contribution in [1.82, 2.24) is 20.2 Å². The van der Waals surface area contributed by atoms with E-state index in [9.17, 15) is 4.79 Å². The number of fused-ring (bicyclic) bond motifs is 1. The van der Waals surface area contributed by atoms with E-state index >= 15 is 0 Å². The van der Waals surface area contributed by atoms with E-state index in [2.05, 4.69) is 34.3 Å². The number of nitrogens with two attached hydrogens (primary N) is 1. The van der Waals surface area contributed by atoms with Crippen molar-refractivity contribution < 1.29 is 4.79 Å². The quantitative estimate of drug-likeness (QED) is 0.559. The van der Waals surface area contributed by atoms with Crippen LogP contribution in [-0.2, 0) is 6.54 Å². The molecule has 2 atom stereocenters. The van der Waals surface area contributed by atoms with Gasteiger partial charge < -0.3 is 20.9 Å². The van der Waals surface area contributed by atoms with E-state index in [1.54, 1.807) is 6.20 Å².